The highest BCUT2D eigenvalue weighted by molar-refractivity contribution is 6.02. The molecule has 3 aromatic rings. The lowest BCUT2D eigenvalue weighted by molar-refractivity contribution is 0.604. The number of nitrogens with zero attached hydrogens (tertiary/aromatic N) is 2. The smallest absolute Gasteiger partial charge is 0.134 e. The molecular weight excluding hydrogens is 360 g/mol. The Labute approximate surface area is 169 Å². The van der Waals surface area contributed by atoms with Crippen LogP contribution >= 0.6 is 0 Å². The molecule has 0 aliphatic carbocycles. The summed E-state index contributed by atoms with van der Waals surface area (Å²) in [5.41, 5.74) is 4.27. The van der Waals surface area contributed by atoms with Crippen LogP contribution in [0.25, 0.3) is 23.1 Å². The highest BCUT2D eigenvalue weighted by Gasteiger charge is 2.10. The van der Waals surface area contributed by atoms with Gasteiger partial charge >= 0.3 is 0 Å². The van der Waals surface area contributed by atoms with Gasteiger partial charge in [-0.3, -0.25) is 9.98 Å². The first kappa shape index (κ1) is 17.5. The molecule has 1 aromatic heterocycles. The Morgan fingerprint density at radius 3 is 2.17 bits per heavy atom. The lowest BCUT2D eigenvalue weighted by Gasteiger charge is -2.02. The van der Waals surface area contributed by atoms with Crippen LogP contribution in [0.1, 0.15) is 22.5 Å². The van der Waals surface area contributed by atoms with Gasteiger partial charge in [0, 0.05) is 29.6 Å². The molecule has 144 valence electrons. The van der Waals surface area contributed by atoms with Gasteiger partial charge in [-0.2, -0.15) is 0 Å². The number of allylic oxidation sites excluding steroid dienone is 2. The van der Waals surface area contributed by atoms with Gasteiger partial charge in [0.1, 0.15) is 23.0 Å². The van der Waals surface area contributed by atoms with Crippen molar-refractivity contribution in [2.75, 3.05) is 26.2 Å². The third-order valence-electron chi connectivity index (χ3n) is 5.00. The maximum atomic E-state index is 5.91. The Kier molecular flexibility index (Phi) is 4.70. The molecule has 5 rings (SSSR count). The highest BCUT2D eigenvalue weighted by atomic mass is 16.3. The fraction of sp³-hybridized carbons (Fsp3) is 0.167. The fourth-order valence-electron chi connectivity index (χ4n) is 3.55. The van der Waals surface area contributed by atoms with Gasteiger partial charge in [-0.15, -0.1) is 0 Å². The van der Waals surface area contributed by atoms with Crippen LogP contribution in [0.15, 0.2) is 75.1 Å². The van der Waals surface area contributed by atoms with E-state index in [2.05, 4.69) is 63.1 Å². The second kappa shape index (κ2) is 7.80. The minimum Gasteiger partial charge on any atom is -0.457 e. The molecule has 0 radical (unpaired) electrons. The van der Waals surface area contributed by atoms with Crippen molar-refractivity contribution in [3.8, 4) is 0 Å². The Morgan fingerprint density at radius 2 is 1.45 bits per heavy atom. The first-order valence-electron chi connectivity index (χ1n) is 9.91. The molecule has 3 heterocycles. The molecule has 0 unspecified atom stereocenters. The molecule has 0 saturated heterocycles. The van der Waals surface area contributed by atoms with E-state index in [1.54, 1.807) is 0 Å². The normalized spacial score (nSPS) is 16.4. The second-order valence-corrected chi connectivity index (χ2v) is 7.06. The molecule has 0 spiro atoms. The van der Waals surface area contributed by atoms with Gasteiger partial charge in [0.25, 0.3) is 0 Å². The maximum Gasteiger partial charge on any atom is 0.134 e. The van der Waals surface area contributed by atoms with Crippen molar-refractivity contribution in [3.05, 3.63) is 83.1 Å². The summed E-state index contributed by atoms with van der Waals surface area (Å²) in [5, 5.41) is 7.69. The number of nitrogens with one attached hydrogen (secondary N) is 2. The first-order valence-corrected chi connectivity index (χ1v) is 9.91. The molecule has 29 heavy (non-hydrogen) atoms. The van der Waals surface area contributed by atoms with Gasteiger partial charge in [-0.05, 0) is 35.9 Å². The summed E-state index contributed by atoms with van der Waals surface area (Å²) in [6, 6.07) is 16.6. The molecule has 2 aromatic carbocycles. The zero-order chi connectivity index (χ0) is 19.5. The summed E-state index contributed by atoms with van der Waals surface area (Å²) in [5.74, 6) is 2.79. The van der Waals surface area contributed by atoms with E-state index in [9.17, 15) is 0 Å². The molecule has 2 aliphatic heterocycles. The van der Waals surface area contributed by atoms with Crippen molar-refractivity contribution in [3.63, 3.8) is 0 Å². The van der Waals surface area contributed by atoms with Gasteiger partial charge < -0.3 is 15.1 Å². The predicted molar refractivity (Wildman–Crippen MR) is 120 cm³/mol. The van der Waals surface area contributed by atoms with Gasteiger partial charge in [0.05, 0.1) is 13.1 Å². The Balaban J connectivity index is 1.26. The predicted octanol–water partition coefficient (Wildman–Crippen LogP) is 3.86. The number of aliphatic imine (C=N–C) groups is 2. The Bertz CT molecular complexity index is 1150. The molecule has 0 amide bonds. The van der Waals surface area contributed by atoms with Crippen LogP contribution in [0.2, 0.25) is 0 Å². The number of rotatable bonds is 5. The third-order valence-corrected chi connectivity index (χ3v) is 5.00. The molecule has 0 fully saturated rings. The number of benzene rings is 2. The van der Waals surface area contributed by atoms with Gasteiger partial charge in [0.2, 0.25) is 0 Å². The van der Waals surface area contributed by atoms with Crippen LogP contribution in [-0.2, 0) is 0 Å². The molecule has 0 atom stereocenters. The average Bonchev–Trinajstić information content (AvgIpc) is 3.52. The monoisotopic (exact) mass is 382 g/mol. The third kappa shape index (κ3) is 3.85. The number of furan rings is 1. The molecule has 5 heteroatoms. The molecule has 2 N–H and O–H groups in total. The lowest BCUT2D eigenvalue weighted by atomic mass is 10.1. The summed E-state index contributed by atoms with van der Waals surface area (Å²) in [6.45, 7) is 3.54. The fourth-order valence-corrected chi connectivity index (χ4v) is 3.55. The zero-order valence-electron chi connectivity index (χ0n) is 16.1. The van der Waals surface area contributed by atoms with Crippen LogP contribution in [0.4, 0.5) is 0 Å². The second-order valence-electron chi connectivity index (χ2n) is 7.06. The SMILES string of the molecule is C(/C=C/c1cc2cc(C3=NCCN3)ccc2o1)=C\c1ccc(C2=NCCN2)cc1. The molecular formula is C24H22N4O. The van der Waals surface area contributed by atoms with Crippen molar-refractivity contribution < 1.29 is 4.42 Å². The van der Waals surface area contributed by atoms with E-state index < -0.39 is 0 Å². The minimum absolute atomic E-state index is 0.837. The summed E-state index contributed by atoms with van der Waals surface area (Å²) in [7, 11) is 0. The van der Waals surface area contributed by atoms with Crippen molar-refractivity contribution in [2.24, 2.45) is 9.98 Å². The number of amidine groups is 2. The molecule has 2 aliphatic rings. The quantitative estimate of drug-likeness (QED) is 0.659. The summed E-state index contributed by atoms with van der Waals surface area (Å²) >= 11 is 0. The van der Waals surface area contributed by atoms with E-state index in [0.717, 1.165) is 71.3 Å². The summed E-state index contributed by atoms with van der Waals surface area (Å²) < 4.78 is 5.91. The Morgan fingerprint density at radius 1 is 0.759 bits per heavy atom. The van der Waals surface area contributed by atoms with Crippen LogP contribution in [0.3, 0.4) is 0 Å². The Hall–Kier alpha value is -3.60. The summed E-state index contributed by atoms with van der Waals surface area (Å²) in [6.07, 6.45) is 8.08. The first-order chi connectivity index (χ1) is 14.3. The minimum atomic E-state index is 0.837. The number of fused-ring (bicyclic) bond motifs is 1. The summed E-state index contributed by atoms with van der Waals surface area (Å²) in [4.78, 5) is 8.92. The van der Waals surface area contributed by atoms with E-state index in [4.69, 9.17) is 4.42 Å². The molecule has 0 saturated carbocycles. The van der Waals surface area contributed by atoms with Crippen molar-refractivity contribution in [1.82, 2.24) is 10.6 Å². The van der Waals surface area contributed by atoms with Crippen LogP contribution in [-0.4, -0.2) is 37.9 Å². The van der Waals surface area contributed by atoms with Crippen molar-refractivity contribution in [1.29, 1.82) is 0 Å². The van der Waals surface area contributed by atoms with Gasteiger partial charge in [-0.1, -0.05) is 42.5 Å². The van der Waals surface area contributed by atoms with Crippen LogP contribution < -0.4 is 10.6 Å². The van der Waals surface area contributed by atoms with Crippen molar-refractivity contribution >= 4 is 34.8 Å². The van der Waals surface area contributed by atoms with E-state index in [0.29, 0.717) is 0 Å². The van der Waals surface area contributed by atoms with E-state index in [1.165, 1.54) is 0 Å². The lowest BCUT2D eigenvalue weighted by Crippen LogP contribution is -2.19. The van der Waals surface area contributed by atoms with E-state index >= 15 is 0 Å². The van der Waals surface area contributed by atoms with E-state index in [-0.39, 0.29) is 0 Å². The maximum absolute atomic E-state index is 5.91. The van der Waals surface area contributed by atoms with E-state index in [1.807, 2.05) is 30.4 Å². The highest BCUT2D eigenvalue weighted by Crippen LogP contribution is 2.22. The molecule has 5 nitrogen and oxygen atoms in total. The topological polar surface area (TPSA) is 61.9 Å². The van der Waals surface area contributed by atoms with Crippen LogP contribution in [0.5, 0.6) is 0 Å². The van der Waals surface area contributed by atoms with Crippen LogP contribution in [0, 0.1) is 0 Å². The zero-order valence-corrected chi connectivity index (χ0v) is 16.1. The molecule has 0 bridgehead atoms. The number of hydrogen-bond donors (Lipinski definition) is 2. The standard InChI is InChI=1S/C24H22N4O/c1(3-17-5-7-18(8-6-17)23-25-11-12-26-23)2-4-21-16-20-15-19(9-10-22(20)29-21)24-27-13-14-28-24/h1-10,15-16H,11-14H2,(H,25,26)(H,27,28)/b3-1+,4-2+. The largest absolute Gasteiger partial charge is 0.457 e. The number of hydrogen-bond acceptors (Lipinski definition) is 5. The van der Waals surface area contributed by atoms with Crippen molar-refractivity contribution in [2.45, 2.75) is 0 Å². The average molecular weight is 382 g/mol. The van der Waals surface area contributed by atoms with Gasteiger partial charge in [0.15, 0.2) is 0 Å². The van der Waals surface area contributed by atoms with Gasteiger partial charge in [-0.25, -0.2) is 0 Å².